The van der Waals surface area contributed by atoms with E-state index < -0.39 is 19.6 Å². The maximum atomic E-state index is 12.5. The minimum absolute atomic E-state index is 0.0310. The summed E-state index contributed by atoms with van der Waals surface area (Å²) in [6, 6.07) is -0.371. The summed E-state index contributed by atoms with van der Waals surface area (Å²) < 4.78 is 22.3. The second kappa shape index (κ2) is 5.41. The highest BCUT2D eigenvalue weighted by Gasteiger charge is 2.68. The monoisotopic (exact) mass is 329 g/mol. The van der Waals surface area contributed by atoms with E-state index in [-0.39, 0.29) is 23.5 Å². The van der Waals surface area contributed by atoms with Crippen LogP contribution in [0.3, 0.4) is 0 Å². The molecule has 4 nitrogen and oxygen atoms in total. The third-order valence-electron chi connectivity index (χ3n) is 3.80. The Balaban J connectivity index is 2.82. The van der Waals surface area contributed by atoms with Gasteiger partial charge in [0.05, 0.1) is 11.2 Å². The van der Waals surface area contributed by atoms with E-state index in [0.29, 0.717) is 13.0 Å². The number of rotatable bonds is 6. The minimum Gasteiger partial charge on any atom is -0.339 e. The van der Waals surface area contributed by atoms with E-state index >= 15 is 0 Å². The van der Waals surface area contributed by atoms with E-state index in [4.69, 9.17) is 23.2 Å². The first-order chi connectivity index (χ1) is 8.50. The Bertz CT molecular complexity index is 464. The van der Waals surface area contributed by atoms with E-state index in [1.54, 1.807) is 25.7 Å². The van der Waals surface area contributed by atoms with Crippen LogP contribution >= 0.6 is 23.2 Å². The van der Waals surface area contributed by atoms with Crippen molar-refractivity contribution in [3.8, 4) is 0 Å². The number of carbonyl (C=O) groups is 1. The van der Waals surface area contributed by atoms with Crippen LogP contribution in [0.5, 0.6) is 0 Å². The number of halogens is 2. The number of sulfone groups is 1. The molecule has 1 aliphatic rings. The lowest BCUT2D eigenvalue weighted by atomic mass is 10.1. The first-order valence-corrected chi connectivity index (χ1v) is 8.98. The number of nitrogens with zero attached hydrogens (tertiary/aromatic N) is 1. The third-order valence-corrected chi connectivity index (χ3v) is 6.77. The van der Waals surface area contributed by atoms with Gasteiger partial charge >= 0.3 is 0 Å². The number of alkyl halides is 2. The zero-order valence-corrected chi connectivity index (χ0v) is 14.1. The van der Waals surface area contributed by atoms with Crippen molar-refractivity contribution in [1.82, 2.24) is 4.90 Å². The van der Waals surface area contributed by atoms with Crippen LogP contribution in [0, 0.1) is 5.41 Å². The normalized spacial score (nSPS) is 26.8. The van der Waals surface area contributed by atoms with Gasteiger partial charge in [-0.1, -0.05) is 6.92 Å². The Morgan fingerprint density at radius 3 is 2.16 bits per heavy atom. The molecule has 0 aromatic heterocycles. The van der Waals surface area contributed by atoms with Crippen LogP contribution in [-0.4, -0.2) is 47.7 Å². The van der Waals surface area contributed by atoms with E-state index in [1.165, 1.54) is 0 Å². The molecule has 112 valence electrons. The molecule has 7 heteroatoms. The molecule has 0 aromatic rings. The lowest BCUT2D eigenvalue weighted by Crippen LogP contribution is -2.46. The molecule has 0 N–H and O–H groups in total. The van der Waals surface area contributed by atoms with Crippen LogP contribution in [0.15, 0.2) is 0 Å². The van der Waals surface area contributed by atoms with Crippen molar-refractivity contribution in [2.24, 2.45) is 5.41 Å². The first-order valence-electron chi connectivity index (χ1n) is 6.40. The molecule has 1 saturated carbocycles. The smallest absolute Gasteiger partial charge is 0.231 e. The van der Waals surface area contributed by atoms with Crippen molar-refractivity contribution in [3.05, 3.63) is 0 Å². The van der Waals surface area contributed by atoms with E-state index in [1.807, 2.05) is 6.92 Å². The van der Waals surface area contributed by atoms with Crippen LogP contribution in [0.4, 0.5) is 0 Å². The van der Waals surface area contributed by atoms with Gasteiger partial charge in [0, 0.05) is 18.3 Å². The zero-order chi connectivity index (χ0) is 15.1. The fourth-order valence-electron chi connectivity index (χ4n) is 2.18. The van der Waals surface area contributed by atoms with Crippen LogP contribution in [-0.2, 0) is 14.6 Å². The van der Waals surface area contributed by atoms with Gasteiger partial charge < -0.3 is 4.90 Å². The van der Waals surface area contributed by atoms with Gasteiger partial charge in [-0.25, -0.2) is 8.42 Å². The average molecular weight is 330 g/mol. The highest BCUT2D eigenvalue weighted by Crippen LogP contribution is 2.64. The molecule has 0 spiro atoms. The number of hydrogen-bond acceptors (Lipinski definition) is 3. The summed E-state index contributed by atoms with van der Waals surface area (Å²) in [5, 5.41) is 0. The van der Waals surface area contributed by atoms with Gasteiger partial charge in [-0.3, -0.25) is 4.79 Å². The van der Waals surface area contributed by atoms with Gasteiger partial charge in [0.15, 0.2) is 9.84 Å². The summed E-state index contributed by atoms with van der Waals surface area (Å²) in [5.41, 5.74) is -0.795. The van der Waals surface area contributed by atoms with Crippen molar-refractivity contribution >= 4 is 38.9 Å². The molecule has 0 heterocycles. The molecule has 1 aliphatic carbocycles. The van der Waals surface area contributed by atoms with Crippen LogP contribution in [0.2, 0.25) is 0 Å². The molecule has 2 atom stereocenters. The molecule has 0 aliphatic heterocycles. The van der Waals surface area contributed by atoms with Crippen molar-refractivity contribution in [3.63, 3.8) is 0 Å². The molecule has 0 aromatic carbocycles. The fourth-order valence-corrected chi connectivity index (χ4v) is 4.03. The summed E-state index contributed by atoms with van der Waals surface area (Å²) >= 11 is 12.0. The van der Waals surface area contributed by atoms with Crippen LogP contribution < -0.4 is 0 Å². The van der Waals surface area contributed by atoms with Crippen LogP contribution in [0.1, 0.15) is 34.1 Å². The van der Waals surface area contributed by atoms with Gasteiger partial charge in [-0.15, -0.1) is 23.2 Å². The number of amides is 1. The number of hydrogen-bond donors (Lipinski definition) is 0. The maximum Gasteiger partial charge on any atom is 0.231 e. The van der Waals surface area contributed by atoms with Gasteiger partial charge in [0.25, 0.3) is 0 Å². The third kappa shape index (κ3) is 3.37. The lowest BCUT2D eigenvalue weighted by molar-refractivity contribution is -0.137. The molecule has 0 saturated heterocycles. The molecule has 1 rings (SSSR count). The summed E-state index contributed by atoms with van der Waals surface area (Å²) in [5.74, 6) is -0.120. The van der Waals surface area contributed by atoms with Gasteiger partial charge in [0.1, 0.15) is 4.33 Å². The van der Waals surface area contributed by atoms with Gasteiger partial charge in [-0.2, -0.15) is 0 Å². The second-order valence-electron chi connectivity index (χ2n) is 5.35. The lowest BCUT2D eigenvalue weighted by Gasteiger charge is -2.31. The van der Waals surface area contributed by atoms with E-state index in [2.05, 4.69) is 0 Å². The minimum atomic E-state index is -3.12. The molecular weight excluding hydrogens is 309 g/mol. The molecule has 1 amide bonds. The first kappa shape index (κ1) is 17.1. The summed E-state index contributed by atoms with van der Waals surface area (Å²) in [4.78, 5) is 14.0. The fraction of sp³-hybridized carbons (Fsp3) is 0.917. The van der Waals surface area contributed by atoms with Crippen LogP contribution in [0.25, 0.3) is 0 Å². The summed E-state index contributed by atoms with van der Waals surface area (Å²) in [6.07, 6.45) is 0.408. The zero-order valence-electron chi connectivity index (χ0n) is 11.7. The molecule has 19 heavy (non-hydrogen) atoms. The molecule has 0 radical (unpaired) electrons. The Hall–Kier alpha value is -0.000000000000000111. The average Bonchev–Trinajstić information content (AvgIpc) is 2.79. The molecule has 0 bridgehead atoms. The van der Waals surface area contributed by atoms with Crippen molar-refractivity contribution < 1.29 is 13.2 Å². The quantitative estimate of drug-likeness (QED) is 0.702. The Labute approximate surface area is 125 Å². The van der Waals surface area contributed by atoms with Gasteiger partial charge in [0.2, 0.25) is 5.91 Å². The second-order valence-corrected chi connectivity index (χ2v) is 9.23. The van der Waals surface area contributed by atoms with Crippen molar-refractivity contribution in [2.45, 2.75) is 44.5 Å². The number of carbonyl (C=O) groups excluding carboxylic acids is 1. The summed E-state index contributed by atoms with van der Waals surface area (Å²) in [7, 11) is -3.12. The molecule has 2 unspecified atom stereocenters. The molecule has 1 fully saturated rings. The highest BCUT2D eigenvalue weighted by molar-refractivity contribution is 7.91. The summed E-state index contributed by atoms with van der Waals surface area (Å²) in [6.45, 7) is 7.33. The SMILES string of the molecule is CCN(C(=O)C1(C)CC1(Cl)Cl)C(C)CS(=O)(=O)CC. The predicted molar refractivity (Wildman–Crippen MR) is 78.3 cm³/mol. The van der Waals surface area contributed by atoms with E-state index in [9.17, 15) is 13.2 Å². The predicted octanol–water partition coefficient (Wildman–Crippen LogP) is 2.24. The molecular formula is C12H21Cl2NO3S. The standard InChI is InChI=1S/C12H21Cl2NO3S/c1-5-15(9(3)7-19(17,18)6-2)10(16)11(4)8-12(11,13)14/h9H,5-8H2,1-4H3. The van der Waals surface area contributed by atoms with Crippen molar-refractivity contribution in [1.29, 1.82) is 0 Å². The topological polar surface area (TPSA) is 54.5 Å². The Morgan fingerprint density at radius 2 is 1.84 bits per heavy atom. The maximum absolute atomic E-state index is 12.5. The van der Waals surface area contributed by atoms with Gasteiger partial charge in [-0.05, 0) is 27.2 Å². The Morgan fingerprint density at radius 1 is 1.37 bits per heavy atom. The Kier molecular flexibility index (Phi) is 4.86. The largest absolute Gasteiger partial charge is 0.339 e. The van der Waals surface area contributed by atoms with E-state index in [0.717, 1.165) is 0 Å². The van der Waals surface area contributed by atoms with Crippen molar-refractivity contribution in [2.75, 3.05) is 18.1 Å². The highest BCUT2D eigenvalue weighted by atomic mass is 35.5.